The number of hydrogen-bond acceptors (Lipinski definition) is 4. The number of nitrogens with one attached hydrogen (secondary N) is 1. The Hall–Kier alpha value is -3.53. The number of piperidine rings is 1. The highest BCUT2D eigenvalue weighted by Gasteiger charge is 2.39. The number of carbonyl (C=O) groups is 4. The summed E-state index contributed by atoms with van der Waals surface area (Å²) in [7, 11) is 0. The summed E-state index contributed by atoms with van der Waals surface area (Å²) >= 11 is 6.22. The zero-order chi connectivity index (χ0) is 30.5. The van der Waals surface area contributed by atoms with Gasteiger partial charge >= 0.3 is 0 Å². The van der Waals surface area contributed by atoms with E-state index in [4.69, 9.17) is 11.6 Å². The Morgan fingerprint density at radius 2 is 1.63 bits per heavy atom. The number of halogens is 3. The Bertz CT molecular complexity index is 1370. The lowest BCUT2D eigenvalue weighted by Gasteiger charge is -2.41. The molecule has 0 unspecified atom stereocenters. The molecule has 11 heteroatoms. The normalized spacial score (nSPS) is 24.3. The van der Waals surface area contributed by atoms with Gasteiger partial charge < -0.3 is 20.0 Å². The minimum absolute atomic E-state index is 0.0185. The molecule has 1 N–H and O–H groups in total. The number of nitrogens with zero attached hydrogens (tertiary/aromatic N) is 3. The molecule has 4 amide bonds. The van der Waals surface area contributed by atoms with Crippen LogP contribution >= 0.6 is 11.6 Å². The topological polar surface area (TPSA) is 90.0 Å². The smallest absolute Gasteiger partial charge is 0.246 e. The average Bonchev–Trinajstić information content (AvgIpc) is 2.99. The van der Waals surface area contributed by atoms with Crippen LogP contribution in [-0.4, -0.2) is 70.5 Å². The third-order valence-corrected chi connectivity index (χ3v) is 9.05. The molecule has 0 aromatic heterocycles. The van der Waals surface area contributed by atoms with Gasteiger partial charge in [-0.2, -0.15) is 0 Å². The number of fused-ring (bicyclic) bond motifs is 10. The quantitative estimate of drug-likeness (QED) is 0.521. The molecule has 2 bridgehead atoms. The van der Waals surface area contributed by atoms with Gasteiger partial charge in [0.25, 0.3) is 0 Å². The van der Waals surface area contributed by atoms with Crippen LogP contribution in [0.3, 0.4) is 0 Å². The number of benzene rings is 2. The molecule has 2 aromatic rings. The van der Waals surface area contributed by atoms with Crippen LogP contribution in [0.2, 0.25) is 5.02 Å². The second kappa shape index (κ2) is 13.8. The Kier molecular flexibility index (Phi) is 9.95. The second-order valence-corrected chi connectivity index (χ2v) is 12.3. The summed E-state index contributed by atoms with van der Waals surface area (Å²) in [6, 6.07) is 9.33. The van der Waals surface area contributed by atoms with Crippen molar-refractivity contribution in [3.8, 4) is 0 Å². The molecule has 0 radical (unpaired) electrons. The van der Waals surface area contributed by atoms with Crippen molar-refractivity contribution in [3.63, 3.8) is 0 Å². The lowest BCUT2D eigenvalue weighted by Crippen LogP contribution is -2.56. The summed E-state index contributed by atoms with van der Waals surface area (Å²) in [6.45, 7) is -0.0702. The van der Waals surface area contributed by atoms with Crippen molar-refractivity contribution in [1.82, 2.24) is 20.0 Å². The predicted molar refractivity (Wildman–Crippen MR) is 156 cm³/mol. The average molecular weight is 615 g/mol. The van der Waals surface area contributed by atoms with Crippen molar-refractivity contribution in [2.75, 3.05) is 26.2 Å². The monoisotopic (exact) mass is 614 g/mol. The number of carbonyl (C=O) groups excluding carboxylic acids is 4. The van der Waals surface area contributed by atoms with E-state index in [1.165, 1.54) is 15.9 Å². The maximum Gasteiger partial charge on any atom is 0.246 e. The highest BCUT2D eigenvalue weighted by Crippen LogP contribution is 2.32. The molecule has 0 spiro atoms. The van der Waals surface area contributed by atoms with Gasteiger partial charge in [0.15, 0.2) is 0 Å². The zero-order valence-corrected chi connectivity index (χ0v) is 24.8. The van der Waals surface area contributed by atoms with Crippen LogP contribution < -0.4 is 5.32 Å². The van der Waals surface area contributed by atoms with Crippen molar-refractivity contribution < 1.29 is 28.0 Å². The fourth-order valence-corrected chi connectivity index (χ4v) is 6.63. The molecule has 43 heavy (non-hydrogen) atoms. The Labute approximate surface area is 255 Å². The van der Waals surface area contributed by atoms with E-state index in [-0.39, 0.29) is 48.8 Å². The number of rotatable bonds is 4. The van der Waals surface area contributed by atoms with E-state index in [1.54, 1.807) is 29.2 Å². The van der Waals surface area contributed by atoms with E-state index < -0.39 is 36.0 Å². The molecule has 3 heterocycles. The highest BCUT2D eigenvalue weighted by atomic mass is 35.5. The van der Waals surface area contributed by atoms with Crippen LogP contribution in [0.15, 0.2) is 42.5 Å². The van der Waals surface area contributed by atoms with Crippen LogP contribution in [0.1, 0.15) is 56.1 Å². The van der Waals surface area contributed by atoms with Crippen molar-refractivity contribution in [2.24, 2.45) is 11.8 Å². The van der Waals surface area contributed by atoms with Gasteiger partial charge in [-0.3, -0.25) is 19.2 Å². The van der Waals surface area contributed by atoms with Gasteiger partial charge in [-0.15, -0.1) is 0 Å². The highest BCUT2D eigenvalue weighted by molar-refractivity contribution is 6.30. The van der Waals surface area contributed by atoms with Gasteiger partial charge in [0, 0.05) is 48.7 Å². The van der Waals surface area contributed by atoms with Gasteiger partial charge in [-0.05, 0) is 74.6 Å². The minimum Gasteiger partial charge on any atom is -0.354 e. The molecule has 3 aliphatic heterocycles. The summed E-state index contributed by atoms with van der Waals surface area (Å²) in [4.78, 5) is 59.2. The Morgan fingerprint density at radius 1 is 0.837 bits per heavy atom. The molecule has 2 aromatic carbocycles. The molecule has 8 nitrogen and oxygen atoms in total. The second-order valence-electron chi connectivity index (χ2n) is 11.9. The largest absolute Gasteiger partial charge is 0.354 e. The molecular formula is C32H37ClF2N4O4. The first-order chi connectivity index (χ1) is 20.7. The van der Waals surface area contributed by atoms with Crippen LogP contribution in [0.25, 0.3) is 0 Å². The van der Waals surface area contributed by atoms with Gasteiger partial charge in [0.1, 0.15) is 24.2 Å². The third-order valence-electron chi connectivity index (χ3n) is 8.82. The summed E-state index contributed by atoms with van der Waals surface area (Å²) in [6.07, 6.45) is 5.01. The first-order valence-electron chi connectivity index (χ1n) is 15.0. The summed E-state index contributed by atoms with van der Waals surface area (Å²) < 4.78 is 28.3. The Morgan fingerprint density at radius 3 is 2.37 bits per heavy atom. The van der Waals surface area contributed by atoms with Crippen molar-refractivity contribution in [2.45, 2.75) is 64.1 Å². The molecule has 4 fully saturated rings. The number of hydrogen-bond donors (Lipinski definition) is 1. The molecule has 1 aliphatic carbocycles. The van der Waals surface area contributed by atoms with Crippen LogP contribution in [0.5, 0.6) is 0 Å². The fourth-order valence-electron chi connectivity index (χ4n) is 6.42. The molecule has 230 valence electrons. The minimum atomic E-state index is -0.833. The van der Waals surface area contributed by atoms with E-state index in [1.807, 2.05) is 0 Å². The van der Waals surface area contributed by atoms with E-state index in [9.17, 15) is 28.0 Å². The third kappa shape index (κ3) is 7.71. The molecule has 3 saturated heterocycles. The van der Waals surface area contributed by atoms with Gasteiger partial charge in [0.2, 0.25) is 23.6 Å². The molecule has 4 aliphatic rings. The van der Waals surface area contributed by atoms with Crippen molar-refractivity contribution >= 4 is 35.2 Å². The predicted octanol–water partition coefficient (Wildman–Crippen LogP) is 4.29. The van der Waals surface area contributed by atoms with Crippen molar-refractivity contribution in [3.05, 3.63) is 70.2 Å². The lowest BCUT2D eigenvalue weighted by atomic mass is 9.80. The van der Waals surface area contributed by atoms with Gasteiger partial charge in [-0.25, -0.2) is 8.78 Å². The van der Waals surface area contributed by atoms with Crippen LogP contribution in [0, 0.1) is 23.5 Å². The molecule has 1 saturated carbocycles. The first-order valence-corrected chi connectivity index (χ1v) is 15.4. The first kappa shape index (κ1) is 30.9. The van der Waals surface area contributed by atoms with Gasteiger partial charge in [0.05, 0.1) is 6.54 Å². The van der Waals surface area contributed by atoms with E-state index >= 15 is 0 Å². The summed E-state index contributed by atoms with van der Waals surface area (Å²) in [5.74, 6) is -2.90. The molecule has 6 rings (SSSR count). The van der Waals surface area contributed by atoms with Gasteiger partial charge in [-0.1, -0.05) is 29.8 Å². The van der Waals surface area contributed by atoms with E-state index in [2.05, 4.69) is 5.32 Å². The van der Waals surface area contributed by atoms with E-state index in [0.29, 0.717) is 42.9 Å². The van der Waals surface area contributed by atoms with Crippen LogP contribution in [-0.2, 0) is 32.3 Å². The summed E-state index contributed by atoms with van der Waals surface area (Å²) in [5.41, 5.74) is 0.746. The maximum atomic E-state index is 14.7. The SMILES string of the molecule is O=C1CN(Cc2ccc(F)cc2F)C(=O)CN(Cc2cccc(Cl)c2)C(=O)[C@@H]2CCCCN2C(=O)C2CCC(CC2)CN1. The summed E-state index contributed by atoms with van der Waals surface area (Å²) in [5, 5.41) is 3.37. The fraction of sp³-hybridized carbons (Fsp3) is 0.500. The number of amides is 4. The van der Waals surface area contributed by atoms with E-state index in [0.717, 1.165) is 37.8 Å². The standard InChI is InChI=1S/C32H37ClF2N4O4/c33-25-5-3-4-22(14-25)17-38-20-30(41)37(18-24-11-12-26(34)15-27(24)35)19-29(40)36-16-21-7-9-23(10-8-21)31(42)39-13-2-1-6-28(39)32(38)43/h3-5,11-12,14-15,21,23,28H,1-2,6-10,13,16-20H2,(H,36,40)/t21?,23?,28-/m0/s1. The zero-order valence-electron chi connectivity index (χ0n) is 24.1. The van der Waals surface area contributed by atoms with Crippen molar-refractivity contribution in [1.29, 1.82) is 0 Å². The molecular weight excluding hydrogens is 578 g/mol. The molecule has 1 atom stereocenters. The maximum absolute atomic E-state index is 14.7. The lowest BCUT2D eigenvalue weighted by molar-refractivity contribution is -0.153. The van der Waals surface area contributed by atoms with Crippen LogP contribution in [0.4, 0.5) is 8.78 Å². The Balaban J connectivity index is 1.49.